The first-order valence-electron chi connectivity index (χ1n) is 5.90. The van der Waals surface area contributed by atoms with Crippen LogP contribution in [0.25, 0.3) is 0 Å². The Hall–Kier alpha value is -2.02. The number of amides is 1. The monoisotopic (exact) mass is 287 g/mol. The summed E-state index contributed by atoms with van der Waals surface area (Å²) in [7, 11) is 0. The number of carboxylic acid groups (broad SMARTS) is 1. The summed E-state index contributed by atoms with van der Waals surface area (Å²) in [6.45, 7) is 0.751. The van der Waals surface area contributed by atoms with Gasteiger partial charge in [0.1, 0.15) is 6.61 Å². The number of hydrogen-bond acceptors (Lipinski definition) is 3. The van der Waals surface area contributed by atoms with E-state index in [0.717, 1.165) is 0 Å². The summed E-state index contributed by atoms with van der Waals surface area (Å²) >= 11 is 0. The Kier molecular flexibility index (Phi) is 6.05. The molecule has 0 aliphatic carbocycles. The molecule has 1 aromatic rings. The van der Waals surface area contributed by atoms with Crippen LogP contribution < -0.4 is 5.32 Å². The minimum absolute atomic E-state index is 0.0799. The molecule has 0 fully saturated rings. The minimum atomic E-state index is -2.56. The fourth-order valence-electron chi connectivity index (χ4n) is 1.55. The molecular weight excluding hydrogens is 272 g/mol. The second kappa shape index (κ2) is 7.54. The standard InChI is InChI=1S/C13H15F2NO4/c1-8-9(13(18)19)3-2-4-10(8)16-12(17)5-6-20-7-11(14)15/h2-4,11H,5-7H2,1H3,(H,16,17)(H,18,19). The first-order chi connectivity index (χ1) is 9.41. The van der Waals surface area contributed by atoms with Crippen LogP contribution in [0.5, 0.6) is 0 Å². The van der Waals surface area contributed by atoms with Crippen molar-refractivity contribution in [2.24, 2.45) is 0 Å². The van der Waals surface area contributed by atoms with Gasteiger partial charge in [-0.25, -0.2) is 13.6 Å². The lowest BCUT2D eigenvalue weighted by atomic mass is 10.1. The zero-order chi connectivity index (χ0) is 15.1. The molecule has 1 rings (SSSR count). The molecule has 5 nitrogen and oxygen atoms in total. The Morgan fingerprint density at radius 1 is 1.40 bits per heavy atom. The third-order valence-electron chi connectivity index (χ3n) is 2.56. The predicted molar refractivity (Wildman–Crippen MR) is 68.2 cm³/mol. The van der Waals surface area contributed by atoms with Gasteiger partial charge in [0, 0.05) is 5.69 Å². The summed E-state index contributed by atoms with van der Waals surface area (Å²) < 4.78 is 28.2. The van der Waals surface area contributed by atoms with E-state index in [9.17, 15) is 18.4 Å². The molecule has 1 amide bonds. The summed E-state index contributed by atoms with van der Waals surface area (Å²) in [4.78, 5) is 22.5. The second-order valence-electron chi connectivity index (χ2n) is 4.05. The van der Waals surface area contributed by atoms with Gasteiger partial charge in [0.25, 0.3) is 6.43 Å². The molecule has 0 heterocycles. The van der Waals surface area contributed by atoms with Crippen molar-refractivity contribution >= 4 is 17.6 Å². The fraction of sp³-hybridized carbons (Fsp3) is 0.385. The molecule has 0 atom stereocenters. The zero-order valence-electron chi connectivity index (χ0n) is 10.9. The number of benzene rings is 1. The summed E-state index contributed by atoms with van der Waals surface area (Å²) in [5.74, 6) is -1.51. The molecule has 110 valence electrons. The van der Waals surface area contributed by atoms with E-state index in [4.69, 9.17) is 5.11 Å². The average molecular weight is 287 g/mol. The average Bonchev–Trinajstić information content (AvgIpc) is 2.36. The number of carbonyl (C=O) groups is 2. The maximum atomic E-state index is 11.8. The van der Waals surface area contributed by atoms with Crippen LogP contribution in [-0.4, -0.2) is 36.6 Å². The van der Waals surface area contributed by atoms with Crippen molar-refractivity contribution in [3.05, 3.63) is 29.3 Å². The largest absolute Gasteiger partial charge is 0.478 e. The topological polar surface area (TPSA) is 75.6 Å². The van der Waals surface area contributed by atoms with E-state index < -0.39 is 24.9 Å². The Balaban J connectivity index is 2.54. The van der Waals surface area contributed by atoms with E-state index in [0.29, 0.717) is 11.3 Å². The molecule has 0 aromatic heterocycles. The van der Waals surface area contributed by atoms with Crippen molar-refractivity contribution in [3.63, 3.8) is 0 Å². The van der Waals surface area contributed by atoms with Crippen LogP contribution in [0, 0.1) is 6.92 Å². The third-order valence-corrected chi connectivity index (χ3v) is 2.56. The third kappa shape index (κ3) is 4.93. The van der Waals surface area contributed by atoms with E-state index >= 15 is 0 Å². The molecule has 2 N–H and O–H groups in total. The molecule has 0 saturated carbocycles. The van der Waals surface area contributed by atoms with Crippen LogP contribution in [0.1, 0.15) is 22.3 Å². The van der Waals surface area contributed by atoms with Crippen LogP contribution in [0.4, 0.5) is 14.5 Å². The maximum absolute atomic E-state index is 11.8. The number of aromatic carboxylic acids is 1. The summed E-state index contributed by atoms with van der Waals surface area (Å²) in [6.07, 6.45) is -2.64. The van der Waals surface area contributed by atoms with E-state index in [1.807, 2.05) is 0 Å². The molecule has 7 heteroatoms. The van der Waals surface area contributed by atoms with Gasteiger partial charge in [-0.15, -0.1) is 0 Å². The molecule has 0 aliphatic heterocycles. The molecule has 0 spiro atoms. The molecule has 1 aromatic carbocycles. The predicted octanol–water partition coefficient (Wildman–Crippen LogP) is 2.30. The van der Waals surface area contributed by atoms with E-state index in [1.165, 1.54) is 12.1 Å². The molecule has 0 unspecified atom stereocenters. The lowest BCUT2D eigenvalue weighted by molar-refractivity contribution is -0.117. The highest BCUT2D eigenvalue weighted by molar-refractivity contribution is 5.96. The van der Waals surface area contributed by atoms with Crippen molar-refractivity contribution in [1.29, 1.82) is 0 Å². The van der Waals surface area contributed by atoms with Gasteiger partial charge in [0.2, 0.25) is 5.91 Å². The Morgan fingerprint density at radius 3 is 2.70 bits per heavy atom. The van der Waals surface area contributed by atoms with Crippen LogP contribution in [0.15, 0.2) is 18.2 Å². The van der Waals surface area contributed by atoms with Crippen LogP contribution in [0.3, 0.4) is 0 Å². The first-order valence-corrected chi connectivity index (χ1v) is 5.90. The van der Waals surface area contributed by atoms with Crippen LogP contribution in [0.2, 0.25) is 0 Å². The number of alkyl halides is 2. The van der Waals surface area contributed by atoms with Gasteiger partial charge in [0.05, 0.1) is 18.6 Å². The van der Waals surface area contributed by atoms with E-state index in [1.54, 1.807) is 13.0 Å². The summed E-state index contributed by atoms with van der Waals surface area (Å²) in [5, 5.41) is 11.5. The quantitative estimate of drug-likeness (QED) is 0.754. The second-order valence-corrected chi connectivity index (χ2v) is 4.05. The smallest absolute Gasteiger partial charge is 0.336 e. The summed E-state index contributed by atoms with van der Waals surface area (Å²) in [5.41, 5.74) is 0.905. The molecule has 0 aliphatic rings. The number of carboxylic acids is 1. The van der Waals surface area contributed by atoms with Crippen LogP contribution >= 0.6 is 0 Å². The lowest BCUT2D eigenvalue weighted by Gasteiger charge is -2.10. The number of anilines is 1. The molecule has 0 bridgehead atoms. The molecule has 0 saturated heterocycles. The van der Waals surface area contributed by atoms with E-state index in [-0.39, 0.29) is 18.6 Å². The Bertz CT molecular complexity index is 491. The SMILES string of the molecule is Cc1c(NC(=O)CCOCC(F)F)cccc1C(=O)O. The first kappa shape index (κ1) is 16.0. The Labute approximate surface area is 114 Å². The van der Waals surface area contributed by atoms with Crippen molar-refractivity contribution in [3.8, 4) is 0 Å². The van der Waals surface area contributed by atoms with E-state index in [2.05, 4.69) is 10.1 Å². The van der Waals surface area contributed by atoms with Gasteiger partial charge in [-0.2, -0.15) is 0 Å². The minimum Gasteiger partial charge on any atom is -0.478 e. The number of hydrogen-bond donors (Lipinski definition) is 2. The highest BCUT2D eigenvalue weighted by Crippen LogP contribution is 2.19. The zero-order valence-corrected chi connectivity index (χ0v) is 10.9. The van der Waals surface area contributed by atoms with Crippen molar-refractivity contribution in [2.75, 3.05) is 18.5 Å². The number of halogens is 2. The molecular formula is C13H15F2NO4. The van der Waals surface area contributed by atoms with Gasteiger partial charge in [-0.05, 0) is 24.6 Å². The number of rotatable bonds is 7. The van der Waals surface area contributed by atoms with Crippen molar-refractivity contribution < 1.29 is 28.2 Å². The number of ether oxygens (including phenoxy) is 1. The normalized spacial score (nSPS) is 10.6. The molecule has 20 heavy (non-hydrogen) atoms. The highest BCUT2D eigenvalue weighted by atomic mass is 19.3. The van der Waals surface area contributed by atoms with Gasteiger partial charge in [0.15, 0.2) is 0 Å². The Morgan fingerprint density at radius 2 is 2.10 bits per heavy atom. The fourth-order valence-corrected chi connectivity index (χ4v) is 1.55. The van der Waals surface area contributed by atoms with Gasteiger partial charge < -0.3 is 15.2 Å². The van der Waals surface area contributed by atoms with Gasteiger partial charge >= 0.3 is 5.97 Å². The number of nitrogens with one attached hydrogen (secondary N) is 1. The van der Waals surface area contributed by atoms with Crippen LogP contribution in [-0.2, 0) is 9.53 Å². The maximum Gasteiger partial charge on any atom is 0.336 e. The van der Waals surface area contributed by atoms with Crippen molar-refractivity contribution in [1.82, 2.24) is 0 Å². The molecule has 0 radical (unpaired) electrons. The van der Waals surface area contributed by atoms with Gasteiger partial charge in [-0.1, -0.05) is 6.07 Å². The summed E-state index contributed by atoms with van der Waals surface area (Å²) in [6, 6.07) is 4.51. The highest BCUT2D eigenvalue weighted by Gasteiger charge is 2.12. The number of carbonyl (C=O) groups excluding carboxylic acids is 1. The lowest BCUT2D eigenvalue weighted by Crippen LogP contribution is -2.17. The van der Waals surface area contributed by atoms with Gasteiger partial charge in [-0.3, -0.25) is 4.79 Å². The van der Waals surface area contributed by atoms with Crippen molar-refractivity contribution in [2.45, 2.75) is 19.8 Å².